The van der Waals surface area contributed by atoms with E-state index < -0.39 is 0 Å². The van der Waals surface area contributed by atoms with Crippen LogP contribution < -0.4 is 30.5 Å². The molecule has 4 aromatic rings. The summed E-state index contributed by atoms with van der Waals surface area (Å²) < 4.78 is 17.0. The molecule has 4 aliphatic rings. The molecule has 2 aliphatic carbocycles. The number of benzene rings is 6. The van der Waals surface area contributed by atoms with Crippen molar-refractivity contribution in [3.05, 3.63) is 108 Å². The number of anilines is 2. The van der Waals surface area contributed by atoms with E-state index in [1.165, 1.54) is 0 Å². The first-order valence-corrected chi connectivity index (χ1v) is 15.9. The van der Waals surface area contributed by atoms with Gasteiger partial charge < -0.3 is 19.5 Å². The summed E-state index contributed by atoms with van der Waals surface area (Å²) in [5.41, 5.74) is 7.01. The maximum Gasteiger partial charge on any atom is 0.203 e. The Balaban J connectivity index is 1.07. The van der Waals surface area contributed by atoms with Gasteiger partial charge in [-0.3, -0.25) is 0 Å². The van der Waals surface area contributed by atoms with Gasteiger partial charge in [-0.2, -0.15) is 0 Å². The molecule has 8 rings (SSSR count). The third-order valence-electron chi connectivity index (χ3n) is 8.77. The number of hydrogen-bond acceptors (Lipinski definition) is 6. The summed E-state index contributed by atoms with van der Waals surface area (Å²) in [6.45, 7) is 1.56. The Morgan fingerprint density at radius 2 is 0.957 bits per heavy atom. The molecule has 0 saturated carbocycles. The molecule has 0 aromatic heterocycles. The zero-order valence-corrected chi connectivity index (χ0v) is 27.0. The Bertz CT molecular complexity index is 2380. The predicted octanol–water partition coefficient (Wildman–Crippen LogP) is 6.46. The number of aromatic nitrogens is 2. The van der Waals surface area contributed by atoms with Crippen LogP contribution >= 0.6 is 0 Å². The van der Waals surface area contributed by atoms with Gasteiger partial charge in [0.05, 0.1) is 12.1 Å². The lowest BCUT2D eigenvalue weighted by molar-refractivity contribution is 0.611. The molecule has 0 spiro atoms. The normalized spacial score (nSPS) is 11.7. The van der Waals surface area contributed by atoms with Crippen molar-refractivity contribution in [1.29, 1.82) is 0 Å². The fourth-order valence-electron chi connectivity index (χ4n) is 6.27. The molecule has 47 heavy (non-hydrogen) atoms. The first-order chi connectivity index (χ1) is 22.9. The first kappa shape index (κ1) is 28.7. The lowest BCUT2D eigenvalue weighted by atomic mass is 10.1. The van der Waals surface area contributed by atoms with Crippen molar-refractivity contribution in [3.63, 3.8) is 0 Å². The van der Waals surface area contributed by atoms with Crippen molar-refractivity contribution < 1.29 is 8.83 Å². The Morgan fingerprint density at radius 3 is 1.38 bits per heavy atom. The van der Waals surface area contributed by atoms with Gasteiger partial charge in [-0.25, -0.2) is 19.1 Å². The van der Waals surface area contributed by atoms with E-state index in [0.29, 0.717) is 0 Å². The zero-order chi connectivity index (χ0) is 32.1. The van der Waals surface area contributed by atoms with E-state index in [1.807, 2.05) is 52.5 Å². The van der Waals surface area contributed by atoms with Gasteiger partial charge in [0, 0.05) is 70.3 Å². The van der Waals surface area contributed by atoms with Crippen LogP contribution in [0.4, 0.5) is 11.4 Å². The standard InChI is InChI=1S/C39H34N6O2/c1-44(2)24-14-16-30-34(20-24)46-36-22-32(26-10-5-7-12-28(26)38(36)42-30)40-18-9-19-41-33-23-37-39(29-13-8-6-11-27(29)33)43-31-17-15-25(45(3)4)21-35(31)47-37/h5-8,10-17,20-23H,9,18-19H2,1-4H3/p+2. The van der Waals surface area contributed by atoms with E-state index in [0.717, 1.165) is 108 Å². The molecule has 2 heterocycles. The van der Waals surface area contributed by atoms with Crippen molar-refractivity contribution in [3.8, 4) is 22.9 Å². The van der Waals surface area contributed by atoms with Crippen LogP contribution in [0.2, 0.25) is 0 Å². The van der Waals surface area contributed by atoms with Crippen LogP contribution in [0.15, 0.2) is 106 Å². The number of hydrogen-bond donors (Lipinski definition) is 2. The third kappa shape index (κ3) is 5.21. The summed E-state index contributed by atoms with van der Waals surface area (Å²) in [6, 6.07) is 33.2. The first-order valence-electron chi connectivity index (χ1n) is 15.9. The van der Waals surface area contributed by atoms with Crippen molar-refractivity contribution in [2.75, 3.05) is 51.9 Å². The lowest BCUT2D eigenvalue weighted by Crippen LogP contribution is -2.21. The number of nitrogens with zero attached hydrogens (tertiary/aromatic N) is 4. The number of nitrogens with one attached hydrogen (secondary N) is 2. The second-order valence-corrected chi connectivity index (χ2v) is 12.4. The Kier molecular flexibility index (Phi) is 7.05. The molecule has 0 bridgehead atoms. The van der Waals surface area contributed by atoms with Gasteiger partial charge in [-0.05, 0) is 18.6 Å². The smallest absolute Gasteiger partial charge is 0.203 e. The quantitative estimate of drug-likeness (QED) is 0.0961. The Hall–Kier alpha value is -5.76. The average Bonchev–Trinajstić information content (AvgIpc) is 3.09. The van der Waals surface area contributed by atoms with Gasteiger partial charge in [0.1, 0.15) is 50.6 Å². The molecule has 232 valence electrons. The van der Waals surface area contributed by atoms with E-state index in [9.17, 15) is 0 Å². The molecular formula is C39H36N6O2+2. The number of rotatable bonds is 6. The SMILES string of the molecule is C[N+](C)=c1ccc2nc3c(cc(NCCCNc4cc5oc6cc(=[N+](C)C)ccc-6nc5c5ccccc45)c4ccccc43)oc-2c1. The van der Waals surface area contributed by atoms with Crippen LogP contribution in [0.25, 0.3) is 66.7 Å². The van der Waals surface area contributed by atoms with Gasteiger partial charge in [-0.15, -0.1) is 0 Å². The maximum atomic E-state index is 6.43. The summed E-state index contributed by atoms with van der Waals surface area (Å²) >= 11 is 0. The van der Waals surface area contributed by atoms with Crippen LogP contribution in [0.5, 0.6) is 0 Å². The fourth-order valence-corrected chi connectivity index (χ4v) is 6.27. The lowest BCUT2D eigenvalue weighted by Gasteiger charge is -2.15. The highest BCUT2D eigenvalue weighted by atomic mass is 16.3. The van der Waals surface area contributed by atoms with Gasteiger partial charge in [0.25, 0.3) is 0 Å². The Morgan fingerprint density at radius 1 is 0.532 bits per heavy atom. The van der Waals surface area contributed by atoms with Crippen LogP contribution in [-0.4, -0.2) is 51.2 Å². The maximum absolute atomic E-state index is 6.43. The highest BCUT2D eigenvalue weighted by molar-refractivity contribution is 6.11. The van der Waals surface area contributed by atoms with E-state index in [-0.39, 0.29) is 0 Å². The van der Waals surface area contributed by atoms with Gasteiger partial charge >= 0.3 is 0 Å². The van der Waals surface area contributed by atoms with E-state index in [2.05, 4.69) is 92.6 Å². The average molecular weight is 621 g/mol. The largest absolute Gasteiger partial charge is 0.452 e. The molecule has 0 fully saturated rings. The van der Waals surface area contributed by atoms with Crippen molar-refractivity contribution in [2.24, 2.45) is 0 Å². The second kappa shape index (κ2) is 11.6. The van der Waals surface area contributed by atoms with E-state index >= 15 is 0 Å². The fraction of sp³-hybridized carbons (Fsp3) is 0.179. The van der Waals surface area contributed by atoms with Gasteiger partial charge in [0.15, 0.2) is 22.7 Å². The summed E-state index contributed by atoms with van der Waals surface area (Å²) in [7, 11) is 8.10. The minimum absolute atomic E-state index is 0.762. The molecule has 0 radical (unpaired) electrons. The Labute approximate surface area is 271 Å². The molecule has 8 heteroatoms. The monoisotopic (exact) mass is 620 g/mol. The summed E-state index contributed by atoms with van der Waals surface area (Å²) in [5, 5.41) is 13.9. The van der Waals surface area contributed by atoms with E-state index in [1.54, 1.807) is 0 Å². The molecular weight excluding hydrogens is 584 g/mol. The van der Waals surface area contributed by atoms with Crippen LogP contribution in [-0.2, 0) is 0 Å². The molecule has 4 aromatic carbocycles. The van der Waals surface area contributed by atoms with E-state index in [4.69, 9.17) is 18.8 Å². The van der Waals surface area contributed by atoms with Crippen molar-refractivity contribution in [2.45, 2.75) is 6.42 Å². The van der Waals surface area contributed by atoms with Crippen molar-refractivity contribution in [1.82, 2.24) is 19.1 Å². The zero-order valence-electron chi connectivity index (χ0n) is 27.0. The van der Waals surface area contributed by atoms with Gasteiger partial charge in [-0.1, -0.05) is 48.5 Å². The minimum atomic E-state index is 0.762. The number of fused-ring (bicyclic) bond motifs is 8. The second-order valence-electron chi connectivity index (χ2n) is 12.4. The van der Waals surface area contributed by atoms with Gasteiger partial charge in [0.2, 0.25) is 10.7 Å². The molecule has 0 unspecified atom stereocenters. The van der Waals surface area contributed by atoms with Crippen molar-refractivity contribution >= 4 is 55.1 Å². The molecule has 2 aliphatic heterocycles. The summed E-state index contributed by atoms with van der Waals surface area (Å²) in [6.07, 6.45) is 0.900. The predicted molar refractivity (Wildman–Crippen MR) is 192 cm³/mol. The molecule has 0 atom stereocenters. The minimum Gasteiger partial charge on any atom is -0.452 e. The highest BCUT2D eigenvalue weighted by Gasteiger charge is 2.16. The van der Waals surface area contributed by atoms with Crippen LogP contribution in [0.1, 0.15) is 6.42 Å². The summed E-state index contributed by atoms with van der Waals surface area (Å²) in [5.74, 6) is 1.54. The van der Waals surface area contributed by atoms with Crippen LogP contribution in [0.3, 0.4) is 0 Å². The topological polar surface area (TPSA) is 82.1 Å². The molecule has 8 nitrogen and oxygen atoms in total. The molecule has 0 amide bonds. The molecule has 0 saturated heterocycles. The molecule has 2 N–H and O–H groups in total. The highest BCUT2D eigenvalue weighted by Crippen LogP contribution is 2.35. The van der Waals surface area contributed by atoms with Crippen LogP contribution in [0, 0.1) is 0 Å². The summed E-state index contributed by atoms with van der Waals surface area (Å²) in [4.78, 5) is 10.0. The third-order valence-corrected chi connectivity index (χ3v) is 8.77.